The predicted molar refractivity (Wildman–Crippen MR) is 142 cm³/mol. The second-order valence-corrected chi connectivity index (χ2v) is 9.32. The number of ether oxygens (including phenoxy) is 3. The third-order valence-electron chi connectivity index (χ3n) is 6.47. The molecule has 206 valence electrons. The number of hydrogen-bond donors (Lipinski definition) is 2. The number of fused-ring (bicyclic) bond motifs is 3. The highest BCUT2D eigenvalue weighted by molar-refractivity contribution is 6.31. The molecule has 0 fully saturated rings. The predicted octanol–water partition coefficient (Wildman–Crippen LogP) is 6.28. The highest BCUT2D eigenvalue weighted by Gasteiger charge is 2.33. The Morgan fingerprint density at radius 2 is 1.72 bits per heavy atom. The first-order valence-electron chi connectivity index (χ1n) is 11.9. The normalized spacial score (nSPS) is 14.4. The van der Waals surface area contributed by atoms with Crippen molar-refractivity contribution in [3.8, 4) is 28.4 Å². The zero-order chi connectivity index (χ0) is 28.5. The van der Waals surface area contributed by atoms with Crippen LogP contribution in [-0.2, 0) is 17.4 Å². The van der Waals surface area contributed by atoms with Gasteiger partial charge >= 0.3 is 6.18 Å². The van der Waals surface area contributed by atoms with Gasteiger partial charge in [-0.3, -0.25) is 9.59 Å². The summed E-state index contributed by atoms with van der Waals surface area (Å²) >= 11 is 5.74. The van der Waals surface area contributed by atoms with Crippen LogP contribution in [0.1, 0.15) is 36.1 Å². The smallest absolute Gasteiger partial charge is 0.417 e. The van der Waals surface area contributed by atoms with Crippen molar-refractivity contribution in [3.05, 3.63) is 74.4 Å². The van der Waals surface area contributed by atoms with Crippen molar-refractivity contribution in [1.29, 1.82) is 0 Å². The lowest BCUT2D eigenvalue weighted by Gasteiger charge is -2.19. The van der Waals surface area contributed by atoms with E-state index >= 15 is 0 Å². The number of anilines is 2. The average molecular weight is 563 g/mol. The summed E-state index contributed by atoms with van der Waals surface area (Å²) in [5, 5.41) is 5.24. The molecular formula is C28H26ClF3N2O5. The highest BCUT2D eigenvalue weighted by Crippen LogP contribution is 2.50. The van der Waals surface area contributed by atoms with Crippen LogP contribution in [0.25, 0.3) is 11.1 Å². The molecule has 0 bridgehead atoms. The Labute approximate surface area is 227 Å². The van der Waals surface area contributed by atoms with Gasteiger partial charge in [-0.25, -0.2) is 0 Å². The van der Waals surface area contributed by atoms with Crippen LogP contribution in [0.2, 0.25) is 5.02 Å². The Morgan fingerprint density at radius 3 is 2.33 bits per heavy atom. The summed E-state index contributed by atoms with van der Waals surface area (Å²) in [7, 11) is 4.48. The fourth-order valence-electron chi connectivity index (χ4n) is 4.79. The van der Waals surface area contributed by atoms with Gasteiger partial charge < -0.3 is 24.8 Å². The van der Waals surface area contributed by atoms with Gasteiger partial charge in [-0.1, -0.05) is 17.7 Å². The van der Waals surface area contributed by atoms with E-state index in [0.29, 0.717) is 46.8 Å². The molecule has 4 rings (SSSR count). The van der Waals surface area contributed by atoms with Crippen molar-refractivity contribution in [2.75, 3.05) is 26.6 Å². The number of alkyl halides is 3. The molecule has 7 nitrogen and oxygen atoms in total. The van der Waals surface area contributed by atoms with Crippen LogP contribution in [0.4, 0.5) is 24.5 Å². The number of nitrogens with one attached hydrogen (secondary N) is 2. The number of carbonyl (C=O) groups is 1. The van der Waals surface area contributed by atoms with Crippen LogP contribution >= 0.6 is 11.6 Å². The van der Waals surface area contributed by atoms with E-state index in [9.17, 15) is 22.8 Å². The van der Waals surface area contributed by atoms with Gasteiger partial charge in [0, 0.05) is 18.2 Å². The van der Waals surface area contributed by atoms with Crippen molar-refractivity contribution >= 4 is 28.9 Å². The summed E-state index contributed by atoms with van der Waals surface area (Å²) in [6, 6.07) is 9.15. The largest absolute Gasteiger partial charge is 0.493 e. The Hall–Kier alpha value is -3.92. The molecule has 39 heavy (non-hydrogen) atoms. The van der Waals surface area contributed by atoms with Crippen molar-refractivity contribution < 1.29 is 32.2 Å². The van der Waals surface area contributed by atoms with Crippen LogP contribution in [0.3, 0.4) is 0 Å². The number of halogens is 4. The molecule has 11 heteroatoms. The van der Waals surface area contributed by atoms with Gasteiger partial charge in [0.15, 0.2) is 11.5 Å². The van der Waals surface area contributed by atoms with Crippen LogP contribution in [-0.4, -0.2) is 27.2 Å². The maximum absolute atomic E-state index is 13.4. The second kappa shape index (κ2) is 11.1. The van der Waals surface area contributed by atoms with Gasteiger partial charge in [0.2, 0.25) is 17.1 Å². The summed E-state index contributed by atoms with van der Waals surface area (Å²) in [6.07, 6.45) is -3.67. The van der Waals surface area contributed by atoms with Crippen LogP contribution in [0.15, 0.2) is 47.3 Å². The van der Waals surface area contributed by atoms with Crippen molar-refractivity contribution in [2.45, 2.75) is 32.0 Å². The number of carbonyl (C=O) groups excluding carboxylic acids is 1. The van der Waals surface area contributed by atoms with E-state index in [0.717, 1.165) is 17.7 Å². The Kier molecular flexibility index (Phi) is 7.96. The first-order chi connectivity index (χ1) is 18.5. The first-order valence-corrected chi connectivity index (χ1v) is 12.3. The quantitative estimate of drug-likeness (QED) is 0.368. The molecule has 1 atom stereocenters. The van der Waals surface area contributed by atoms with E-state index in [-0.39, 0.29) is 17.3 Å². The molecule has 1 aliphatic carbocycles. The van der Waals surface area contributed by atoms with Gasteiger partial charge in [-0.2, -0.15) is 13.2 Å². The maximum atomic E-state index is 13.4. The Balaban J connectivity index is 1.94. The molecule has 0 saturated carbocycles. The summed E-state index contributed by atoms with van der Waals surface area (Å²) in [6.45, 7) is 1.39. The minimum Gasteiger partial charge on any atom is -0.493 e. The number of amides is 1. The van der Waals surface area contributed by atoms with Gasteiger partial charge in [0.25, 0.3) is 0 Å². The lowest BCUT2D eigenvalue weighted by Crippen LogP contribution is -2.26. The summed E-state index contributed by atoms with van der Waals surface area (Å²) in [5.74, 6) is 0.924. The molecule has 3 aromatic carbocycles. The van der Waals surface area contributed by atoms with Crippen molar-refractivity contribution in [2.24, 2.45) is 0 Å². The third-order valence-corrected chi connectivity index (χ3v) is 6.80. The van der Waals surface area contributed by atoms with E-state index in [1.165, 1.54) is 46.5 Å². The van der Waals surface area contributed by atoms with Gasteiger partial charge in [-0.05, 0) is 65.9 Å². The minimum atomic E-state index is -4.67. The highest BCUT2D eigenvalue weighted by atomic mass is 35.5. The van der Waals surface area contributed by atoms with Crippen LogP contribution in [0, 0.1) is 0 Å². The molecule has 0 heterocycles. The van der Waals surface area contributed by atoms with Crippen LogP contribution in [0.5, 0.6) is 17.2 Å². The number of aryl methyl sites for hydroxylation is 1. The molecule has 0 saturated heterocycles. The fourth-order valence-corrected chi connectivity index (χ4v) is 5.01. The molecule has 0 unspecified atom stereocenters. The Bertz CT molecular complexity index is 1490. The second-order valence-electron chi connectivity index (χ2n) is 8.91. The first kappa shape index (κ1) is 28.1. The summed E-state index contributed by atoms with van der Waals surface area (Å²) in [4.78, 5) is 25.5. The fraction of sp³-hybridized carbons (Fsp3) is 0.286. The van der Waals surface area contributed by atoms with Crippen molar-refractivity contribution in [1.82, 2.24) is 5.32 Å². The zero-order valence-corrected chi connectivity index (χ0v) is 22.3. The van der Waals surface area contributed by atoms with Crippen molar-refractivity contribution in [3.63, 3.8) is 0 Å². The summed E-state index contributed by atoms with van der Waals surface area (Å²) in [5.41, 5.74) is 1.18. The topological polar surface area (TPSA) is 85.9 Å². The Morgan fingerprint density at radius 1 is 1.00 bits per heavy atom. The molecule has 0 radical (unpaired) electrons. The molecule has 1 amide bonds. The molecular weight excluding hydrogens is 537 g/mol. The SMILES string of the molecule is COc1cc2c(c(OC)c1OC)-c1ccc(Nc3ccc(Cl)c(C(F)(F)F)c3)c(=O)cc1[C@@H](NC(C)=O)CC2. The summed E-state index contributed by atoms with van der Waals surface area (Å²) < 4.78 is 57.0. The average Bonchev–Trinajstić information content (AvgIpc) is 3.12. The van der Waals surface area contributed by atoms with Crippen LogP contribution < -0.4 is 30.3 Å². The van der Waals surface area contributed by atoms with E-state index in [1.807, 2.05) is 6.07 Å². The molecule has 3 aromatic rings. The standard InChI is InChI=1S/C28H26ClF3N2O5/c1-14(35)33-21-9-5-15-11-24(37-2)26(38-3)27(39-4)25(15)17-7-10-22(23(36)13-18(17)21)34-16-6-8-20(29)19(12-16)28(30,31)32/h6-8,10-13,21H,5,9H2,1-4H3,(H,33,35)(H,34,36)/t21-/m0/s1. The molecule has 0 spiro atoms. The monoisotopic (exact) mass is 562 g/mol. The minimum absolute atomic E-state index is 0.0288. The van der Waals surface area contributed by atoms with Gasteiger partial charge in [-0.15, -0.1) is 0 Å². The van der Waals surface area contributed by atoms with E-state index in [4.69, 9.17) is 25.8 Å². The number of rotatable bonds is 6. The van der Waals surface area contributed by atoms with Gasteiger partial charge in [0.1, 0.15) is 0 Å². The molecule has 0 aliphatic heterocycles. The van der Waals surface area contributed by atoms with Gasteiger partial charge in [0.05, 0.1) is 43.6 Å². The zero-order valence-electron chi connectivity index (χ0n) is 21.6. The van der Waals surface area contributed by atoms with E-state index < -0.39 is 28.2 Å². The molecule has 1 aliphatic rings. The lowest BCUT2D eigenvalue weighted by molar-refractivity contribution is -0.137. The molecule has 2 N–H and O–H groups in total. The van der Waals surface area contributed by atoms with E-state index in [2.05, 4.69) is 10.6 Å². The lowest BCUT2D eigenvalue weighted by atomic mass is 9.95. The maximum Gasteiger partial charge on any atom is 0.417 e. The van der Waals surface area contributed by atoms with E-state index in [1.54, 1.807) is 6.07 Å². The number of methoxy groups -OCH3 is 3. The number of hydrogen-bond acceptors (Lipinski definition) is 6. The molecule has 0 aromatic heterocycles. The third kappa shape index (κ3) is 5.61. The number of benzene rings is 2.